The maximum atomic E-state index is 11.8. The van der Waals surface area contributed by atoms with Gasteiger partial charge in [-0.25, -0.2) is 0 Å². The van der Waals surface area contributed by atoms with Crippen molar-refractivity contribution in [3.05, 3.63) is 29.3 Å². The molecule has 0 unspecified atom stereocenters. The second-order valence-electron chi connectivity index (χ2n) is 8.11. The van der Waals surface area contributed by atoms with Gasteiger partial charge >= 0.3 is 0 Å². The molecule has 1 aromatic carbocycles. The molecular weight excluding hydrogens is 408 g/mol. The Morgan fingerprint density at radius 2 is 1.14 bits per heavy atom. The van der Waals surface area contributed by atoms with Crippen LogP contribution in [0.15, 0.2) is 23.1 Å². The molecule has 0 atom stereocenters. The third kappa shape index (κ3) is 13.4. The van der Waals surface area contributed by atoms with Gasteiger partial charge < -0.3 is 0 Å². The first-order chi connectivity index (χ1) is 13.5. The maximum absolute atomic E-state index is 11.8. The van der Waals surface area contributed by atoms with Crippen LogP contribution in [0.4, 0.5) is 0 Å². The second kappa shape index (κ2) is 18.0. The van der Waals surface area contributed by atoms with Crippen molar-refractivity contribution in [2.75, 3.05) is 0 Å². The molecule has 0 aliphatic heterocycles. The number of benzene rings is 1. The fraction of sp³-hybridized carbons (Fsp3) is 0.750. The predicted octanol–water partition coefficient (Wildman–Crippen LogP) is 7.14. The molecule has 1 N–H and O–H groups in total. The van der Waals surface area contributed by atoms with Gasteiger partial charge in [-0.05, 0) is 42.9 Å². The SMILES string of the molecule is CCCCCCCCCc1cccc(S(=O)(=O)O)c1CCCCCCCCC.[Ca]. The Hall–Kier alpha value is 0.390. The molecule has 1 aromatic rings. The van der Waals surface area contributed by atoms with Crippen LogP contribution in [0.1, 0.15) is 115 Å². The first-order valence-corrected chi connectivity index (χ1v) is 13.0. The molecule has 164 valence electrons. The van der Waals surface area contributed by atoms with Gasteiger partial charge in [0.1, 0.15) is 0 Å². The van der Waals surface area contributed by atoms with Gasteiger partial charge in [0, 0.05) is 37.7 Å². The summed E-state index contributed by atoms with van der Waals surface area (Å²) in [6.45, 7) is 4.45. The van der Waals surface area contributed by atoms with Crippen LogP contribution in [0.5, 0.6) is 0 Å². The van der Waals surface area contributed by atoms with Crippen LogP contribution >= 0.6 is 0 Å². The molecule has 0 bridgehead atoms. The Balaban J connectivity index is 0.00000784. The van der Waals surface area contributed by atoms with Crippen LogP contribution in [0.3, 0.4) is 0 Å². The van der Waals surface area contributed by atoms with Gasteiger partial charge in [0.05, 0.1) is 4.90 Å². The summed E-state index contributed by atoms with van der Waals surface area (Å²) in [4.78, 5) is 0.124. The molecule has 0 aliphatic carbocycles. The van der Waals surface area contributed by atoms with Crippen molar-refractivity contribution in [3.63, 3.8) is 0 Å². The van der Waals surface area contributed by atoms with Gasteiger partial charge in [-0.3, -0.25) is 4.55 Å². The molecule has 0 fully saturated rings. The predicted molar refractivity (Wildman–Crippen MR) is 125 cm³/mol. The van der Waals surface area contributed by atoms with E-state index in [1.54, 1.807) is 12.1 Å². The number of hydrogen-bond acceptors (Lipinski definition) is 2. The van der Waals surface area contributed by atoms with Crippen molar-refractivity contribution in [2.45, 2.75) is 121 Å². The quantitative estimate of drug-likeness (QED) is 0.156. The average molecular weight is 451 g/mol. The van der Waals surface area contributed by atoms with Gasteiger partial charge in [-0.15, -0.1) is 0 Å². The molecule has 0 heterocycles. The minimum atomic E-state index is -4.16. The summed E-state index contributed by atoms with van der Waals surface area (Å²) in [6, 6.07) is 5.37. The van der Waals surface area contributed by atoms with E-state index in [0.717, 1.165) is 43.2 Å². The van der Waals surface area contributed by atoms with Gasteiger partial charge in [0.2, 0.25) is 0 Å². The largest absolute Gasteiger partial charge is 0.294 e. The third-order valence-corrected chi connectivity index (χ3v) is 6.53. The normalized spacial score (nSPS) is 11.4. The van der Waals surface area contributed by atoms with E-state index in [1.165, 1.54) is 70.6 Å². The molecule has 0 saturated carbocycles. The molecule has 2 radical (unpaired) electrons. The number of hydrogen-bond donors (Lipinski definition) is 1. The van der Waals surface area contributed by atoms with E-state index in [4.69, 9.17) is 0 Å². The van der Waals surface area contributed by atoms with Crippen LogP contribution < -0.4 is 0 Å². The molecular formula is C24H42CaO3S. The Bertz CT molecular complexity index is 629. The standard InChI is InChI=1S/C24H42O3S.Ca/c1-3-5-7-9-11-13-15-18-22-19-17-21-24(28(25,26)27)23(22)20-16-14-12-10-8-6-4-2;/h17,19,21H,3-16,18,20H2,1-2H3,(H,25,26,27);. The summed E-state index contributed by atoms with van der Waals surface area (Å²) in [7, 11) is -4.16. The number of rotatable bonds is 17. The Labute approximate surface area is 210 Å². The van der Waals surface area contributed by atoms with Crippen molar-refractivity contribution < 1.29 is 13.0 Å². The zero-order valence-electron chi connectivity index (χ0n) is 18.9. The Morgan fingerprint density at radius 3 is 1.62 bits per heavy atom. The first kappa shape index (κ1) is 29.4. The molecule has 0 amide bonds. The minimum Gasteiger partial charge on any atom is -0.282 e. The van der Waals surface area contributed by atoms with Gasteiger partial charge in [-0.1, -0.05) is 103 Å². The molecule has 0 spiro atoms. The van der Waals surface area contributed by atoms with Crippen molar-refractivity contribution >= 4 is 47.9 Å². The molecule has 0 saturated heterocycles. The molecule has 5 heteroatoms. The van der Waals surface area contributed by atoms with Crippen molar-refractivity contribution in [1.82, 2.24) is 0 Å². The molecule has 1 rings (SSSR count). The summed E-state index contributed by atoms with van der Waals surface area (Å²) < 4.78 is 33.3. The number of unbranched alkanes of at least 4 members (excludes halogenated alkanes) is 12. The summed E-state index contributed by atoms with van der Waals surface area (Å²) in [5.74, 6) is 0. The minimum absolute atomic E-state index is 0. The first-order valence-electron chi connectivity index (χ1n) is 11.6. The molecule has 0 aromatic heterocycles. The fourth-order valence-electron chi connectivity index (χ4n) is 3.90. The summed E-state index contributed by atoms with van der Waals surface area (Å²) in [6.07, 6.45) is 18.8. The van der Waals surface area contributed by atoms with E-state index in [2.05, 4.69) is 13.8 Å². The van der Waals surface area contributed by atoms with Crippen LogP contribution in [-0.2, 0) is 23.0 Å². The maximum Gasteiger partial charge on any atom is 0.294 e. The monoisotopic (exact) mass is 450 g/mol. The van der Waals surface area contributed by atoms with Crippen LogP contribution in [0.2, 0.25) is 0 Å². The topological polar surface area (TPSA) is 54.4 Å². The smallest absolute Gasteiger partial charge is 0.282 e. The van der Waals surface area contributed by atoms with E-state index in [0.29, 0.717) is 0 Å². The third-order valence-electron chi connectivity index (χ3n) is 5.59. The van der Waals surface area contributed by atoms with Gasteiger partial charge in [-0.2, -0.15) is 8.42 Å². The second-order valence-corrected chi connectivity index (χ2v) is 9.50. The number of aryl methyl sites for hydroxylation is 1. The average Bonchev–Trinajstić information content (AvgIpc) is 2.66. The van der Waals surface area contributed by atoms with Crippen molar-refractivity contribution in [2.24, 2.45) is 0 Å². The molecule has 29 heavy (non-hydrogen) atoms. The van der Waals surface area contributed by atoms with Crippen LogP contribution in [0, 0.1) is 0 Å². The zero-order valence-corrected chi connectivity index (χ0v) is 21.9. The van der Waals surface area contributed by atoms with E-state index >= 15 is 0 Å². The zero-order chi connectivity index (χ0) is 20.7. The van der Waals surface area contributed by atoms with E-state index in [1.807, 2.05) is 6.07 Å². The van der Waals surface area contributed by atoms with E-state index < -0.39 is 10.1 Å². The van der Waals surface area contributed by atoms with Crippen LogP contribution in [-0.4, -0.2) is 50.7 Å². The Morgan fingerprint density at radius 1 is 0.690 bits per heavy atom. The van der Waals surface area contributed by atoms with Gasteiger partial charge in [0.25, 0.3) is 10.1 Å². The fourth-order valence-corrected chi connectivity index (χ4v) is 4.70. The van der Waals surface area contributed by atoms with Gasteiger partial charge in [0.15, 0.2) is 0 Å². The van der Waals surface area contributed by atoms with Crippen molar-refractivity contribution in [1.29, 1.82) is 0 Å². The van der Waals surface area contributed by atoms with E-state index in [9.17, 15) is 13.0 Å². The van der Waals surface area contributed by atoms with E-state index in [-0.39, 0.29) is 42.6 Å². The Kier molecular flexibility index (Phi) is 18.3. The summed E-state index contributed by atoms with van der Waals surface area (Å²) in [5, 5.41) is 0. The van der Waals surface area contributed by atoms with Crippen molar-refractivity contribution in [3.8, 4) is 0 Å². The summed E-state index contributed by atoms with van der Waals surface area (Å²) in [5.41, 5.74) is 1.96. The summed E-state index contributed by atoms with van der Waals surface area (Å²) >= 11 is 0. The molecule has 3 nitrogen and oxygen atoms in total. The molecule has 0 aliphatic rings. The van der Waals surface area contributed by atoms with Crippen LogP contribution in [0.25, 0.3) is 0 Å².